The van der Waals surface area contributed by atoms with Crippen LogP contribution in [0.5, 0.6) is 0 Å². The Bertz CT molecular complexity index is 155. The summed E-state index contributed by atoms with van der Waals surface area (Å²) in [5.41, 5.74) is 5.68. The second kappa shape index (κ2) is 5.43. The van der Waals surface area contributed by atoms with Crippen molar-refractivity contribution in [2.24, 2.45) is 17.6 Å². The van der Waals surface area contributed by atoms with E-state index < -0.39 is 0 Å². The summed E-state index contributed by atoms with van der Waals surface area (Å²) in [4.78, 5) is 0. The molecule has 2 N–H and O–H groups in total. The van der Waals surface area contributed by atoms with Gasteiger partial charge in [0.05, 0.1) is 0 Å². The van der Waals surface area contributed by atoms with Crippen LogP contribution >= 0.6 is 0 Å². The third kappa shape index (κ3) is 3.95. The summed E-state index contributed by atoms with van der Waals surface area (Å²) in [5.74, 6) is 1.65. The summed E-state index contributed by atoms with van der Waals surface area (Å²) in [6.07, 6.45) is 11.6. The second-order valence-electron chi connectivity index (χ2n) is 4.50. The minimum absolute atomic E-state index is 0.214. The smallest absolute Gasteiger partial charge is 0.0194 e. The lowest BCUT2D eigenvalue weighted by atomic mass is 9.80. The standard InChI is InChI=1S/C12H23N/c1-10(8-9-11(2)13)12-6-4-3-5-7-12/h8-12H,3-7,13H2,1-2H3/b9-8+. The van der Waals surface area contributed by atoms with Gasteiger partial charge in [-0.15, -0.1) is 0 Å². The molecule has 0 amide bonds. The van der Waals surface area contributed by atoms with E-state index >= 15 is 0 Å². The number of hydrogen-bond donors (Lipinski definition) is 1. The average molecular weight is 181 g/mol. The first-order chi connectivity index (χ1) is 6.20. The Morgan fingerprint density at radius 1 is 1.08 bits per heavy atom. The third-order valence-corrected chi connectivity index (χ3v) is 3.11. The van der Waals surface area contributed by atoms with E-state index in [1.54, 1.807) is 0 Å². The summed E-state index contributed by atoms with van der Waals surface area (Å²) in [6.45, 7) is 4.36. The molecule has 76 valence electrons. The summed E-state index contributed by atoms with van der Waals surface area (Å²) in [7, 11) is 0. The maximum absolute atomic E-state index is 5.68. The van der Waals surface area contributed by atoms with Crippen LogP contribution in [0.4, 0.5) is 0 Å². The van der Waals surface area contributed by atoms with E-state index in [-0.39, 0.29) is 6.04 Å². The van der Waals surface area contributed by atoms with Crippen molar-refractivity contribution in [1.82, 2.24) is 0 Å². The molecule has 0 aliphatic heterocycles. The van der Waals surface area contributed by atoms with Crippen LogP contribution in [0, 0.1) is 11.8 Å². The van der Waals surface area contributed by atoms with E-state index in [0.717, 1.165) is 11.8 Å². The van der Waals surface area contributed by atoms with Gasteiger partial charge in [0.1, 0.15) is 0 Å². The maximum Gasteiger partial charge on any atom is 0.0194 e. The monoisotopic (exact) mass is 181 g/mol. The predicted molar refractivity (Wildman–Crippen MR) is 58.5 cm³/mol. The maximum atomic E-state index is 5.68. The molecule has 0 aromatic carbocycles. The molecule has 1 fully saturated rings. The molecule has 1 aliphatic carbocycles. The van der Waals surface area contributed by atoms with Gasteiger partial charge in [-0.3, -0.25) is 0 Å². The first kappa shape index (κ1) is 10.8. The molecule has 2 atom stereocenters. The zero-order valence-corrected chi connectivity index (χ0v) is 9.00. The first-order valence-corrected chi connectivity index (χ1v) is 5.64. The van der Waals surface area contributed by atoms with E-state index in [2.05, 4.69) is 19.1 Å². The Kier molecular flexibility index (Phi) is 4.51. The fourth-order valence-corrected chi connectivity index (χ4v) is 2.17. The largest absolute Gasteiger partial charge is 0.325 e. The van der Waals surface area contributed by atoms with Gasteiger partial charge in [0, 0.05) is 6.04 Å². The molecule has 1 rings (SSSR count). The third-order valence-electron chi connectivity index (χ3n) is 3.11. The molecule has 0 heterocycles. The first-order valence-electron chi connectivity index (χ1n) is 5.64. The summed E-state index contributed by atoms with van der Waals surface area (Å²) < 4.78 is 0. The second-order valence-corrected chi connectivity index (χ2v) is 4.50. The van der Waals surface area contributed by atoms with Gasteiger partial charge in [0.15, 0.2) is 0 Å². The molecule has 0 spiro atoms. The number of hydrogen-bond acceptors (Lipinski definition) is 1. The number of rotatable bonds is 3. The highest BCUT2D eigenvalue weighted by Gasteiger charge is 2.17. The summed E-state index contributed by atoms with van der Waals surface area (Å²) in [5, 5.41) is 0. The van der Waals surface area contributed by atoms with E-state index in [1.165, 1.54) is 32.1 Å². The summed E-state index contributed by atoms with van der Waals surface area (Å²) in [6, 6.07) is 0.214. The van der Waals surface area contributed by atoms with Crippen molar-refractivity contribution in [3.63, 3.8) is 0 Å². The van der Waals surface area contributed by atoms with Crippen LogP contribution < -0.4 is 5.73 Å². The molecule has 0 aromatic rings. The van der Waals surface area contributed by atoms with Crippen LogP contribution in [0.15, 0.2) is 12.2 Å². The van der Waals surface area contributed by atoms with Crippen LogP contribution in [-0.4, -0.2) is 6.04 Å². The van der Waals surface area contributed by atoms with Crippen molar-refractivity contribution in [1.29, 1.82) is 0 Å². The quantitative estimate of drug-likeness (QED) is 0.665. The highest BCUT2D eigenvalue weighted by Crippen LogP contribution is 2.30. The van der Waals surface area contributed by atoms with Crippen molar-refractivity contribution in [2.75, 3.05) is 0 Å². The topological polar surface area (TPSA) is 26.0 Å². The Hall–Kier alpha value is -0.300. The van der Waals surface area contributed by atoms with Crippen molar-refractivity contribution in [3.05, 3.63) is 12.2 Å². The Morgan fingerprint density at radius 2 is 1.69 bits per heavy atom. The van der Waals surface area contributed by atoms with Crippen molar-refractivity contribution in [3.8, 4) is 0 Å². The Labute approximate surface area is 82.4 Å². The van der Waals surface area contributed by atoms with Gasteiger partial charge in [-0.2, -0.15) is 0 Å². The highest BCUT2D eigenvalue weighted by atomic mass is 14.6. The zero-order chi connectivity index (χ0) is 9.68. The van der Waals surface area contributed by atoms with Crippen LogP contribution in [0.2, 0.25) is 0 Å². The lowest BCUT2D eigenvalue weighted by molar-refractivity contribution is 0.299. The number of allylic oxidation sites excluding steroid dienone is 1. The van der Waals surface area contributed by atoms with Crippen molar-refractivity contribution in [2.45, 2.75) is 52.0 Å². The lowest BCUT2D eigenvalue weighted by Crippen LogP contribution is -2.15. The molecule has 0 saturated heterocycles. The SMILES string of the molecule is CC(N)/C=C/C(C)C1CCCCC1. The molecular weight excluding hydrogens is 158 g/mol. The minimum atomic E-state index is 0.214. The molecular formula is C12H23N. The fraction of sp³-hybridized carbons (Fsp3) is 0.833. The van der Waals surface area contributed by atoms with E-state index in [0.29, 0.717) is 0 Å². The Balaban J connectivity index is 2.32. The van der Waals surface area contributed by atoms with E-state index in [1.807, 2.05) is 6.92 Å². The van der Waals surface area contributed by atoms with Gasteiger partial charge >= 0.3 is 0 Å². The Morgan fingerprint density at radius 3 is 2.23 bits per heavy atom. The van der Waals surface area contributed by atoms with E-state index in [9.17, 15) is 0 Å². The van der Waals surface area contributed by atoms with Gasteiger partial charge in [-0.05, 0) is 31.6 Å². The van der Waals surface area contributed by atoms with Gasteiger partial charge in [-0.1, -0.05) is 38.3 Å². The van der Waals surface area contributed by atoms with Gasteiger partial charge in [-0.25, -0.2) is 0 Å². The highest BCUT2D eigenvalue weighted by molar-refractivity contribution is 4.94. The van der Waals surface area contributed by atoms with E-state index in [4.69, 9.17) is 5.73 Å². The van der Waals surface area contributed by atoms with Crippen LogP contribution in [0.3, 0.4) is 0 Å². The molecule has 2 unspecified atom stereocenters. The van der Waals surface area contributed by atoms with Gasteiger partial charge < -0.3 is 5.73 Å². The minimum Gasteiger partial charge on any atom is -0.325 e. The zero-order valence-electron chi connectivity index (χ0n) is 9.00. The lowest BCUT2D eigenvalue weighted by Gasteiger charge is -2.25. The molecule has 1 nitrogen and oxygen atoms in total. The normalized spacial score (nSPS) is 24.8. The molecule has 0 aromatic heterocycles. The number of nitrogens with two attached hydrogens (primary N) is 1. The van der Waals surface area contributed by atoms with Crippen LogP contribution in [0.1, 0.15) is 46.0 Å². The van der Waals surface area contributed by atoms with Crippen LogP contribution in [0.25, 0.3) is 0 Å². The van der Waals surface area contributed by atoms with Crippen LogP contribution in [-0.2, 0) is 0 Å². The van der Waals surface area contributed by atoms with Crippen molar-refractivity contribution >= 4 is 0 Å². The summed E-state index contributed by atoms with van der Waals surface area (Å²) >= 11 is 0. The van der Waals surface area contributed by atoms with Gasteiger partial charge in [0.2, 0.25) is 0 Å². The fourth-order valence-electron chi connectivity index (χ4n) is 2.17. The molecule has 13 heavy (non-hydrogen) atoms. The predicted octanol–water partition coefficient (Wildman–Crippen LogP) is 3.11. The molecule has 1 aliphatic rings. The molecule has 0 radical (unpaired) electrons. The van der Waals surface area contributed by atoms with Crippen molar-refractivity contribution < 1.29 is 0 Å². The molecule has 1 heteroatoms. The molecule has 0 bridgehead atoms. The molecule has 1 saturated carbocycles. The average Bonchev–Trinajstić information content (AvgIpc) is 2.15. The van der Waals surface area contributed by atoms with Gasteiger partial charge in [0.25, 0.3) is 0 Å².